The van der Waals surface area contributed by atoms with E-state index in [1.807, 2.05) is 60.7 Å². The third-order valence-corrected chi connectivity index (χ3v) is 12.0. The quantitative estimate of drug-likeness (QED) is 0.0697. The molecule has 0 radical (unpaired) electrons. The molecule has 2 aromatic carbocycles. The van der Waals surface area contributed by atoms with Crippen LogP contribution in [0.2, 0.25) is 0 Å². The molecular weight excluding hydrogens is 600 g/mol. The van der Waals surface area contributed by atoms with E-state index in [0.717, 1.165) is 67.1 Å². The van der Waals surface area contributed by atoms with Gasteiger partial charge in [0.1, 0.15) is 6.10 Å². The van der Waals surface area contributed by atoms with E-state index in [1.165, 1.54) is 38.9 Å². The van der Waals surface area contributed by atoms with Gasteiger partial charge in [0.25, 0.3) is 0 Å². The van der Waals surface area contributed by atoms with E-state index >= 15 is 0 Å². The standard InChI is InChI=1S/C41H64N2O5/c1-7-37-32-38(31-33(5)43(37)29-21-22-30-43)47-40(45)41(35-23-15-13-16-24-35,36-25-17-14-18-26-36)48-34(6)46-39(44)27-19-11-12-20-28-42(8-2,9-3)10-4/h13-18,23-26,33-34,37-38H,7-12,19-22,27-32H2,1-6H3/q+2. The predicted molar refractivity (Wildman–Crippen MR) is 192 cm³/mol. The van der Waals surface area contributed by atoms with Gasteiger partial charge in [-0.2, -0.15) is 0 Å². The van der Waals surface area contributed by atoms with E-state index in [9.17, 15) is 9.59 Å². The molecule has 4 unspecified atom stereocenters. The topological polar surface area (TPSA) is 61.8 Å². The molecule has 0 N–H and O–H groups in total. The van der Waals surface area contributed by atoms with Crippen molar-refractivity contribution >= 4 is 11.9 Å². The number of esters is 2. The number of benzene rings is 2. The first-order valence-electron chi connectivity index (χ1n) is 19.1. The van der Waals surface area contributed by atoms with Crippen LogP contribution in [0.3, 0.4) is 0 Å². The molecule has 2 heterocycles. The fraction of sp³-hybridized carbons (Fsp3) is 0.659. The molecule has 1 spiro atoms. The maximum Gasteiger partial charge on any atom is 0.348 e. The average Bonchev–Trinajstić information content (AvgIpc) is 3.60. The highest BCUT2D eigenvalue weighted by atomic mass is 16.7. The Balaban J connectivity index is 1.46. The molecule has 0 aromatic heterocycles. The summed E-state index contributed by atoms with van der Waals surface area (Å²) >= 11 is 0. The van der Waals surface area contributed by atoms with Crippen molar-refractivity contribution in [1.29, 1.82) is 0 Å². The average molecular weight is 665 g/mol. The van der Waals surface area contributed by atoms with E-state index in [-0.39, 0.29) is 12.1 Å². The minimum absolute atomic E-state index is 0.203. The Morgan fingerprint density at radius 1 is 0.833 bits per heavy atom. The molecule has 4 atom stereocenters. The monoisotopic (exact) mass is 664 g/mol. The highest BCUT2D eigenvalue weighted by Crippen LogP contribution is 2.41. The fourth-order valence-corrected chi connectivity index (χ4v) is 8.82. The van der Waals surface area contributed by atoms with Crippen molar-refractivity contribution in [3.8, 4) is 0 Å². The van der Waals surface area contributed by atoms with Crippen molar-refractivity contribution in [2.45, 2.75) is 136 Å². The zero-order valence-electron chi connectivity index (χ0n) is 30.8. The van der Waals surface area contributed by atoms with Crippen LogP contribution < -0.4 is 0 Å². The van der Waals surface area contributed by atoms with Crippen molar-refractivity contribution < 1.29 is 32.8 Å². The molecule has 7 nitrogen and oxygen atoms in total. The molecule has 0 saturated carbocycles. The van der Waals surface area contributed by atoms with Crippen molar-refractivity contribution in [1.82, 2.24) is 0 Å². The second-order valence-electron chi connectivity index (χ2n) is 14.4. The minimum atomic E-state index is -1.59. The lowest BCUT2D eigenvalue weighted by Gasteiger charge is -2.51. The van der Waals surface area contributed by atoms with E-state index in [4.69, 9.17) is 14.2 Å². The lowest BCUT2D eigenvalue weighted by atomic mass is 9.85. The van der Waals surface area contributed by atoms with Gasteiger partial charge in [-0.05, 0) is 71.4 Å². The molecule has 2 aliphatic rings. The van der Waals surface area contributed by atoms with Crippen LogP contribution in [-0.2, 0) is 29.4 Å². The van der Waals surface area contributed by atoms with Crippen LogP contribution in [0.5, 0.6) is 0 Å². The number of carbonyl (C=O) groups is 2. The van der Waals surface area contributed by atoms with Gasteiger partial charge in [0.2, 0.25) is 11.9 Å². The van der Waals surface area contributed by atoms with Crippen LogP contribution in [0.4, 0.5) is 0 Å². The molecular formula is C41H64N2O5+2. The Morgan fingerprint density at radius 3 is 1.94 bits per heavy atom. The molecule has 2 aliphatic heterocycles. The summed E-state index contributed by atoms with van der Waals surface area (Å²) in [7, 11) is 0. The number of hydrogen-bond acceptors (Lipinski definition) is 5. The third kappa shape index (κ3) is 8.70. The van der Waals surface area contributed by atoms with Gasteiger partial charge in [0.15, 0.2) is 0 Å². The molecule has 2 fully saturated rings. The zero-order chi connectivity index (χ0) is 34.6. The van der Waals surface area contributed by atoms with Gasteiger partial charge in [-0.25, -0.2) is 4.79 Å². The van der Waals surface area contributed by atoms with Crippen LogP contribution in [0.15, 0.2) is 60.7 Å². The molecule has 2 saturated heterocycles. The van der Waals surface area contributed by atoms with Crippen molar-refractivity contribution in [2.24, 2.45) is 0 Å². The van der Waals surface area contributed by atoms with E-state index in [0.29, 0.717) is 29.6 Å². The van der Waals surface area contributed by atoms with Crippen molar-refractivity contribution in [3.05, 3.63) is 71.8 Å². The number of ether oxygens (including phenoxy) is 3. The number of rotatable bonds is 18. The Kier molecular flexibility index (Phi) is 14.1. The van der Waals surface area contributed by atoms with Gasteiger partial charge in [0, 0.05) is 32.1 Å². The van der Waals surface area contributed by atoms with Crippen LogP contribution in [0, 0.1) is 0 Å². The van der Waals surface area contributed by atoms with Crippen LogP contribution in [0.1, 0.15) is 117 Å². The Hall–Kier alpha value is -2.74. The summed E-state index contributed by atoms with van der Waals surface area (Å²) in [6.45, 7) is 20.3. The maximum absolute atomic E-state index is 14.7. The third-order valence-electron chi connectivity index (χ3n) is 12.0. The van der Waals surface area contributed by atoms with Crippen molar-refractivity contribution in [3.63, 3.8) is 0 Å². The Labute approximate surface area is 291 Å². The molecule has 0 aliphatic carbocycles. The number of nitrogens with zero attached hydrogens (tertiary/aromatic N) is 2. The normalized spacial score (nSPS) is 21.6. The molecule has 0 bridgehead atoms. The molecule has 0 amide bonds. The van der Waals surface area contributed by atoms with Crippen LogP contribution >= 0.6 is 0 Å². The number of piperidine rings is 1. The second-order valence-corrected chi connectivity index (χ2v) is 14.4. The van der Waals surface area contributed by atoms with Gasteiger partial charge in [-0.3, -0.25) is 4.79 Å². The van der Waals surface area contributed by atoms with Crippen LogP contribution in [-0.4, -0.2) is 84.7 Å². The molecule has 48 heavy (non-hydrogen) atoms. The van der Waals surface area contributed by atoms with Gasteiger partial charge in [-0.15, -0.1) is 0 Å². The van der Waals surface area contributed by atoms with Gasteiger partial charge in [0.05, 0.1) is 51.4 Å². The van der Waals surface area contributed by atoms with E-state index < -0.39 is 17.9 Å². The summed E-state index contributed by atoms with van der Waals surface area (Å²) in [6.07, 6.45) is 8.51. The summed E-state index contributed by atoms with van der Waals surface area (Å²) in [5.41, 5.74) is -0.278. The number of hydrogen-bond donors (Lipinski definition) is 0. The van der Waals surface area contributed by atoms with Crippen molar-refractivity contribution in [2.75, 3.05) is 39.3 Å². The maximum atomic E-state index is 14.7. The highest BCUT2D eigenvalue weighted by Gasteiger charge is 2.52. The van der Waals surface area contributed by atoms with Gasteiger partial charge >= 0.3 is 11.9 Å². The summed E-state index contributed by atoms with van der Waals surface area (Å²) in [6, 6.07) is 20.0. The van der Waals surface area contributed by atoms with E-state index in [2.05, 4.69) is 34.6 Å². The smallest absolute Gasteiger partial charge is 0.348 e. The zero-order valence-corrected chi connectivity index (χ0v) is 30.8. The van der Waals surface area contributed by atoms with Gasteiger partial charge < -0.3 is 23.2 Å². The minimum Gasteiger partial charge on any atom is -0.459 e. The summed E-state index contributed by atoms with van der Waals surface area (Å²) in [4.78, 5) is 27.7. The molecule has 266 valence electrons. The number of unbranched alkanes of at least 4 members (excludes halogenated alkanes) is 3. The largest absolute Gasteiger partial charge is 0.459 e. The first-order valence-corrected chi connectivity index (χ1v) is 19.1. The number of quaternary nitrogens is 2. The molecule has 2 aromatic rings. The number of carbonyl (C=O) groups excluding carboxylic acids is 2. The Bertz CT molecular complexity index is 1210. The van der Waals surface area contributed by atoms with Gasteiger partial charge in [-0.1, -0.05) is 74.0 Å². The first-order chi connectivity index (χ1) is 23.2. The predicted octanol–water partition coefficient (Wildman–Crippen LogP) is 8.15. The van der Waals surface area contributed by atoms with E-state index in [1.54, 1.807) is 6.92 Å². The summed E-state index contributed by atoms with van der Waals surface area (Å²) in [5.74, 6) is -0.761. The summed E-state index contributed by atoms with van der Waals surface area (Å²) < 4.78 is 21.3. The highest BCUT2D eigenvalue weighted by molar-refractivity contribution is 5.86. The summed E-state index contributed by atoms with van der Waals surface area (Å²) in [5, 5.41) is 0. The fourth-order valence-electron chi connectivity index (χ4n) is 8.82. The lowest BCUT2D eigenvalue weighted by molar-refractivity contribution is -0.967. The Morgan fingerprint density at radius 2 is 1.40 bits per heavy atom. The lowest BCUT2D eigenvalue weighted by Crippen LogP contribution is -2.63. The van der Waals surface area contributed by atoms with Crippen LogP contribution in [0.25, 0.3) is 0 Å². The molecule has 7 heteroatoms. The first kappa shape index (κ1) is 38.1. The SMILES string of the molecule is CCC1CC(OC(=O)C(OC(C)OC(=O)CCCCCC[N+](CC)(CC)CC)(c2ccccc2)c2ccccc2)CC(C)[N+]12CCCC2. The molecule has 4 rings (SSSR count). The second kappa shape index (κ2) is 17.8.